The number of nitrogens with two attached hydrogens (primary N) is 1. The lowest BCUT2D eigenvalue weighted by Gasteiger charge is -2.22. The molecule has 4 heteroatoms. The Bertz CT molecular complexity index is 324. The molecule has 4 nitrogen and oxygen atoms in total. The summed E-state index contributed by atoms with van der Waals surface area (Å²) in [6.07, 6.45) is 4.75. The summed E-state index contributed by atoms with van der Waals surface area (Å²) in [5, 5.41) is 8.27. The van der Waals surface area contributed by atoms with Crippen molar-refractivity contribution < 1.29 is 0 Å². The minimum absolute atomic E-state index is 0.595. The molecule has 1 heterocycles. The summed E-state index contributed by atoms with van der Waals surface area (Å²) in [5.41, 5.74) is 5.03. The second kappa shape index (κ2) is 3.92. The predicted octanol–water partition coefficient (Wildman–Crippen LogP) is 1.59. The molecule has 1 aromatic rings. The summed E-state index contributed by atoms with van der Waals surface area (Å²) in [4.78, 5) is 0. The maximum atomic E-state index is 5.30. The number of nitrogens with one attached hydrogen (secondary N) is 1. The summed E-state index contributed by atoms with van der Waals surface area (Å²) < 4.78 is 0. The summed E-state index contributed by atoms with van der Waals surface area (Å²) in [6.45, 7) is 2.20. The Morgan fingerprint density at radius 3 is 3.14 bits per heavy atom. The van der Waals surface area contributed by atoms with Crippen molar-refractivity contribution in [1.82, 2.24) is 10.2 Å². The highest BCUT2D eigenvalue weighted by Gasteiger charge is 2.20. The molecule has 2 rings (SSSR count). The predicted molar refractivity (Wildman–Crippen MR) is 55.8 cm³/mol. The van der Waals surface area contributed by atoms with E-state index in [0.717, 1.165) is 12.8 Å². The molecule has 0 radical (unpaired) electrons. The summed E-state index contributed by atoms with van der Waals surface area (Å²) in [6, 6.07) is 2.02. The van der Waals surface area contributed by atoms with E-state index < -0.39 is 0 Å². The van der Waals surface area contributed by atoms with Crippen LogP contribution in [0, 0.1) is 0 Å². The molecule has 3 N–H and O–H groups in total. The van der Waals surface area contributed by atoms with Gasteiger partial charge in [-0.2, -0.15) is 5.10 Å². The first kappa shape index (κ1) is 9.40. The van der Waals surface area contributed by atoms with Crippen LogP contribution in [0.3, 0.4) is 0 Å². The standard InChI is InChI=1S/C10H16N4/c1-2-7-4-3-5-8-6-9(12-11)13-14-10(7)8/h6-7H,2-5,11H2,1H3,(H,12,13). The first-order chi connectivity index (χ1) is 6.85. The second-order valence-electron chi connectivity index (χ2n) is 3.78. The van der Waals surface area contributed by atoms with Gasteiger partial charge in [-0.3, -0.25) is 0 Å². The molecule has 1 aliphatic carbocycles. The Hall–Kier alpha value is -1.16. The van der Waals surface area contributed by atoms with Gasteiger partial charge in [0.05, 0.1) is 5.69 Å². The highest BCUT2D eigenvalue weighted by atomic mass is 15.3. The zero-order valence-electron chi connectivity index (χ0n) is 8.45. The zero-order chi connectivity index (χ0) is 9.97. The van der Waals surface area contributed by atoms with E-state index in [0.29, 0.717) is 11.7 Å². The van der Waals surface area contributed by atoms with E-state index in [4.69, 9.17) is 5.84 Å². The van der Waals surface area contributed by atoms with Gasteiger partial charge >= 0.3 is 0 Å². The zero-order valence-corrected chi connectivity index (χ0v) is 8.45. The lowest BCUT2D eigenvalue weighted by molar-refractivity contribution is 0.518. The van der Waals surface area contributed by atoms with Crippen LogP contribution in [0.5, 0.6) is 0 Å². The van der Waals surface area contributed by atoms with Gasteiger partial charge in [0.25, 0.3) is 0 Å². The van der Waals surface area contributed by atoms with Crippen LogP contribution in [-0.2, 0) is 6.42 Å². The van der Waals surface area contributed by atoms with E-state index in [1.807, 2.05) is 6.07 Å². The quantitative estimate of drug-likeness (QED) is 0.551. The maximum absolute atomic E-state index is 5.30. The third-order valence-electron chi connectivity index (χ3n) is 2.93. The van der Waals surface area contributed by atoms with Gasteiger partial charge in [-0.25, -0.2) is 5.84 Å². The summed E-state index contributed by atoms with van der Waals surface area (Å²) >= 11 is 0. The molecule has 14 heavy (non-hydrogen) atoms. The van der Waals surface area contributed by atoms with Crippen LogP contribution in [0.4, 0.5) is 5.82 Å². The second-order valence-corrected chi connectivity index (χ2v) is 3.78. The van der Waals surface area contributed by atoms with Crippen molar-refractivity contribution in [3.05, 3.63) is 17.3 Å². The van der Waals surface area contributed by atoms with E-state index in [1.54, 1.807) is 0 Å². The van der Waals surface area contributed by atoms with Crippen LogP contribution in [0.1, 0.15) is 43.4 Å². The average Bonchev–Trinajstić information content (AvgIpc) is 2.27. The van der Waals surface area contributed by atoms with Crippen LogP contribution in [0.25, 0.3) is 0 Å². The molecule has 0 aliphatic heterocycles. The lowest BCUT2D eigenvalue weighted by atomic mass is 9.85. The number of hydrogen-bond acceptors (Lipinski definition) is 4. The normalized spacial score (nSPS) is 20.3. The number of fused-ring (bicyclic) bond motifs is 1. The van der Waals surface area contributed by atoms with E-state index in [9.17, 15) is 0 Å². The van der Waals surface area contributed by atoms with Crippen LogP contribution in [0.15, 0.2) is 6.07 Å². The van der Waals surface area contributed by atoms with Gasteiger partial charge in [-0.15, -0.1) is 5.10 Å². The molecule has 1 aromatic heterocycles. The molecule has 76 valence electrons. The van der Waals surface area contributed by atoms with Gasteiger partial charge in [0.1, 0.15) is 0 Å². The highest BCUT2D eigenvalue weighted by Crippen LogP contribution is 2.32. The Balaban J connectivity index is 2.35. The number of aromatic nitrogens is 2. The topological polar surface area (TPSA) is 63.8 Å². The Labute approximate surface area is 83.9 Å². The molecule has 0 spiro atoms. The third kappa shape index (κ3) is 1.57. The molecule has 1 unspecified atom stereocenters. The molecule has 0 fully saturated rings. The van der Waals surface area contributed by atoms with Crippen LogP contribution < -0.4 is 11.3 Å². The fourth-order valence-corrected chi connectivity index (χ4v) is 2.13. The van der Waals surface area contributed by atoms with E-state index in [2.05, 4.69) is 22.5 Å². The Morgan fingerprint density at radius 1 is 1.57 bits per heavy atom. The first-order valence-corrected chi connectivity index (χ1v) is 5.18. The summed E-state index contributed by atoms with van der Waals surface area (Å²) in [5.74, 6) is 6.56. The van der Waals surface area contributed by atoms with Crippen LogP contribution in [0.2, 0.25) is 0 Å². The SMILES string of the molecule is CCC1CCCc2cc(NN)nnc21. The number of nitrogens with zero attached hydrogens (tertiary/aromatic N) is 2. The maximum Gasteiger partial charge on any atom is 0.162 e. The molecule has 0 saturated carbocycles. The number of nitrogen functional groups attached to an aromatic ring is 1. The Kier molecular flexibility index (Phi) is 2.63. The molecule has 0 bridgehead atoms. The lowest BCUT2D eigenvalue weighted by Crippen LogP contribution is -2.16. The largest absolute Gasteiger partial charge is 0.307 e. The number of aryl methyl sites for hydroxylation is 1. The minimum Gasteiger partial charge on any atom is -0.307 e. The summed E-state index contributed by atoms with van der Waals surface area (Å²) in [7, 11) is 0. The van der Waals surface area contributed by atoms with E-state index >= 15 is 0 Å². The molecular formula is C10H16N4. The number of rotatable bonds is 2. The van der Waals surface area contributed by atoms with Gasteiger partial charge in [-0.1, -0.05) is 6.92 Å². The van der Waals surface area contributed by atoms with Gasteiger partial charge in [0.2, 0.25) is 0 Å². The number of hydrogen-bond donors (Lipinski definition) is 2. The monoisotopic (exact) mass is 192 g/mol. The fraction of sp³-hybridized carbons (Fsp3) is 0.600. The number of hydrazine groups is 1. The van der Waals surface area contributed by atoms with Crippen molar-refractivity contribution in [3.8, 4) is 0 Å². The smallest absolute Gasteiger partial charge is 0.162 e. The first-order valence-electron chi connectivity index (χ1n) is 5.18. The Morgan fingerprint density at radius 2 is 2.43 bits per heavy atom. The molecule has 0 amide bonds. The van der Waals surface area contributed by atoms with Gasteiger partial charge in [0, 0.05) is 5.92 Å². The van der Waals surface area contributed by atoms with Gasteiger partial charge < -0.3 is 5.43 Å². The molecule has 1 aliphatic rings. The van der Waals surface area contributed by atoms with E-state index in [-0.39, 0.29) is 0 Å². The average molecular weight is 192 g/mol. The van der Waals surface area contributed by atoms with Crippen molar-refractivity contribution in [2.75, 3.05) is 5.43 Å². The molecular weight excluding hydrogens is 176 g/mol. The van der Waals surface area contributed by atoms with Crippen LogP contribution in [-0.4, -0.2) is 10.2 Å². The number of anilines is 1. The highest BCUT2D eigenvalue weighted by molar-refractivity contribution is 5.38. The molecule has 0 aromatic carbocycles. The van der Waals surface area contributed by atoms with Crippen molar-refractivity contribution in [2.45, 2.75) is 38.5 Å². The molecule has 0 saturated heterocycles. The van der Waals surface area contributed by atoms with E-state index in [1.165, 1.54) is 24.1 Å². The third-order valence-corrected chi connectivity index (χ3v) is 2.93. The van der Waals surface area contributed by atoms with Crippen LogP contribution >= 0.6 is 0 Å². The van der Waals surface area contributed by atoms with Gasteiger partial charge in [-0.05, 0) is 37.3 Å². The van der Waals surface area contributed by atoms with Crippen molar-refractivity contribution in [2.24, 2.45) is 5.84 Å². The van der Waals surface area contributed by atoms with Gasteiger partial charge in [0.15, 0.2) is 5.82 Å². The fourth-order valence-electron chi connectivity index (χ4n) is 2.13. The molecule has 1 atom stereocenters. The van der Waals surface area contributed by atoms with Crippen molar-refractivity contribution in [1.29, 1.82) is 0 Å². The minimum atomic E-state index is 0.595. The van der Waals surface area contributed by atoms with Crippen molar-refractivity contribution >= 4 is 5.82 Å². The van der Waals surface area contributed by atoms with Crippen molar-refractivity contribution in [3.63, 3.8) is 0 Å².